The number of aromatic nitrogens is 2. The average molecular weight is 387 g/mol. The Labute approximate surface area is 155 Å². The zero-order valence-corrected chi connectivity index (χ0v) is 15.1. The third-order valence-electron chi connectivity index (χ3n) is 4.42. The van der Waals surface area contributed by atoms with Crippen molar-refractivity contribution >= 4 is 15.7 Å². The largest absolute Gasteiger partial charge is 0.461 e. The van der Waals surface area contributed by atoms with Crippen LogP contribution >= 0.6 is 0 Å². The molecule has 1 atom stereocenters. The second kappa shape index (κ2) is 6.99. The van der Waals surface area contributed by atoms with Gasteiger partial charge >= 0.3 is 0 Å². The molecular formula is C18H17N3O5S. The molecule has 0 spiro atoms. The highest BCUT2D eigenvalue weighted by Gasteiger charge is 2.30. The standard InChI is InChI=1S/C18H17N3O5S/c22-16(7-8-17-20-18(21-26-17)14-5-3-10-25-14)19-13-9-11-27(23,24)15-6-2-1-4-12(13)15/h1-6,10,13H,7-9,11H2,(H,19,22)/t13-/m0/s1. The molecule has 0 fully saturated rings. The van der Waals surface area contributed by atoms with Crippen LogP contribution in [0.25, 0.3) is 11.6 Å². The van der Waals surface area contributed by atoms with E-state index in [4.69, 9.17) is 8.94 Å². The van der Waals surface area contributed by atoms with Gasteiger partial charge in [0.2, 0.25) is 17.6 Å². The van der Waals surface area contributed by atoms with E-state index in [-0.39, 0.29) is 30.5 Å². The molecular weight excluding hydrogens is 370 g/mol. The first-order valence-electron chi connectivity index (χ1n) is 8.50. The van der Waals surface area contributed by atoms with Crippen LogP contribution in [-0.2, 0) is 21.1 Å². The highest BCUT2D eigenvalue weighted by Crippen LogP contribution is 2.31. The van der Waals surface area contributed by atoms with Crippen LogP contribution in [0.5, 0.6) is 0 Å². The van der Waals surface area contributed by atoms with Crippen molar-refractivity contribution in [1.29, 1.82) is 0 Å². The number of hydrogen-bond acceptors (Lipinski definition) is 7. The molecule has 8 nitrogen and oxygen atoms in total. The van der Waals surface area contributed by atoms with Gasteiger partial charge in [0.05, 0.1) is 23.0 Å². The van der Waals surface area contributed by atoms with Crippen LogP contribution in [0.3, 0.4) is 0 Å². The molecule has 1 aromatic carbocycles. The van der Waals surface area contributed by atoms with Crippen LogP contribution in [0.4, 0.5) is 0 Å². The second-order valence-electron chi connectivity index (χ2n) is 6.25. The molecule has 3 heterocycles. The SMILES string of the molecule is O=C(CCc1nc(-c2ccco2)no1)N[C@H]1CCS(=O)(=O)c2ccccc21. The molecule has 1 N–H and O–H groups in total. The summed E-state index contributed by atoms with van der Waals surface area (Å²) in [7, 11) is -3.28. The lowest BCUT2D eigenvalue weighted by atomic mass is 10.0. The van der Waals surface area contributed by atoms with Gasteiger partial charge in [-0.3, -0.25) is 4.79 Å². The van der Waals surface area contributed by atoms with Crippen molar-refractivity contribution in [3.8, 4) is 11.6 Å². The van der Waals surface area contributed by atoms with E-state index >= 15 is 0 Å². The van der Waals surface area contributed by atoms with Gasteiger partial charge in [-0.2, -0.15) is 4.98 Å². The number of aryl methyl sites for hydroxylation is 1. The molecule has 27 heavy (non-hydrogen) atoms. The van der Waals surface area contributed by atoms with Gasteiger partial charge < -0.3 is 14.3 Å². The van der Waals surface area contributed by atoms with Gasteiger partial charge in [-0.25, -0.2) is 8.42 Å². The Morgan fingerprint density at radius 3 is 2.89 bits per heavy atom. The fourth-order valence-electron chi connectivity index (χ4n) is 3.09. The molecule has 4 rings (SSSR count). The second-order valence-corrected chi connectivity index (χ2v) is 8.33. The number of carbonyl (C=O) groups excluding carboxylic acids is 1. The number of hydrogen-bond donors (Lipinski definition) is 1. The molecule has 3 aromatic rings. The topological polar surface area (TPSA) is 115 Å². The molecule has 1 aliphatic heterocycles. The quantitative estimate of drug-likeness (QED) is 0.714. The summed E-state index contributed by atoms with van der Waals surface area (Å²) in [6, 6.07) is 9.90. The molecule has 1 amide bonds. The molecule has 0 radical (unpaired) electrons. The Kier molecular flexibility index (Phi) is 4.53. The number of amides is 1. The molecule has 0 saturated carbocycles. The zero-order valence-electron chi connectivity index (χ0n) is 14.3. The summed E-state index contributed by atoms with van der Waals surface area (Å²) in [4.78, 5) is 16.8. The molecule has 0 aliphatic carbocycles. The van der Waals surface area contributed by atoms with Crippen molar-refractivity contribution in [1.82, 2.24) is 15.5 Å². The Balaban J connectivity index is 1.39. The third-order valence-corrected chi connectivity index (χ3v) is 6.23. The van der Waals surface area contributed by atoms with E-state index in [2.05, 4.69) is 15.5 Å². The number of benzene rings is 1. The average Bonchev–Trinajstić information content (AvgIpc) is 3.34. The van der Waals surface area contributed by atoms with E-state index in [0.29, 0.717) is 34.4 Å². The lowest BCUT2D eigenvalue weighted by molar-refractivity contribution is -0.122. The van der Waals surface area contributed by atoms with Crippen LogP contribution in [0.15, 0.2) is 56.5 Å². The molecule has 2 aromatic heterocycles. The predicted molar refractivity (Wildman–Crippen MR) is 94.3 cm³/mol. The summed E-state index contributed by atoms with van der Waals surface area (Å²) in [6.07, 6.45) is 2.31. The molecule has 0 saturated heterocycles. The first-order chi connectivity index (χ1) is 13.0. The first-order valence-corrected chi connectivity index (χ1v) is 10.2. The number of rotatable bonds is 5. The number of fused-ring (bicyclic) bond motifs is 1. The van der Waals surface area contributed by atoms with Crippen LogP contribution in [-0.4, -0.2) is 30.2 Å². The number of nitrogens with zero attached hydrogens (tertiary/aromatic N) is 2. The first kappa shape index (κ1) is 17.5. The maximum Gasteiger partial charge on any atom is 0.238 e. The van der Waals surface area contributed by atoms with E-state index in [1.807, 2.05) is 0 Å². The minimum Gasteiger partial charge on any atom is -0.461 e. The van der Waals surface area contributed by atoms with Crippen LogP contribution in [0, 0.1) is 0 Å². The fraction of sp³-hybridized carbons (Fsp3) is 0.278. The zero-order chi connectivity index (χ0) is 18.9. The van der Waals surface area contributed by atoms with Crippen molar-refractivity contribution in [3.05, 3.63) is 54.1 Å². The van der Waals surface area contributed by atoms with Crippen LogP contribution < -0.4 is 5.32 Å². The van der Waals surface area contributed by atoms with E-state index in [0.717, 1.165) is 0 Å². The summed E-state index contributed by atoms with van der Waals surface area (Å²) in [6.45, 7) is 0. The molecule has 0 unspecified atom stereocenters. The molecule has 140 valence electrons. The number of carbonyl (C=O) groups is 1. The van der Waals surface area contributed by atoms with Crippen LogP contribution in [0.2, 0.25) is 0 Å². The number of sulfone groups is 1. The monoisotopic (exact) mass is 387 g/mol. The third kappa shape index (κ3) is 3.63. The van der Waals surface area contributed by atoms with Gasteiger partial charge in [-0.05, 0) is 30.2 Å². The van der Waals surface area contributed by atoms with Crippen molar-refractivity contribution in [2.24, 2.45) is 0 Å². The normalized spacial score (nSPS) is 18.0. The van der Waals surface area contributed by atoms with E-state index in [9.17, 15) is 13.2 Å². The Hall–Kier alpha value is -2.94. The van der Waals surface area contributed by atoms with E-state index in [1.165, 1.54) is 6.26 Å². The highest BCUT2D eigenvalue weighted by atomic mass is 32.2. The number of furan rings is 1. The maximum absolute atomic E-state index is 12.3. The predicted octanol–water partition coefficient (Wildman–Crippen LogP) is 2.30. The molecule has 0 bridgehead atoms. The van der Waals surface area contributed by atoms with E-state index < -0.39 is 9.84 Å². The van der Waals surface area contributed by atoms with Crippen LogP contribution in [0.1, 0.15) is 30.3 Å². The van der Waals surface area contributed by atoms with Gasteiger partial charge in [0.25, 0.3) is 0 Å². The van der Waals surface area contributed by atoms with Gasteiger partial charge in [0.1, 0.15) is 0 Å². The van der Waals surface area contributed by atoms with Gasteiger partial charge in [-0.15, -0.1) is 0 Å². The van der Waals surface area contributed by atoms with Gasteiger partial charge in [-0.1, -0.05) is 23.4 Å². The lowest BCUT2D eigenvalue weighted by Gasteiger charge is -2.26. The maximum atomic E-state index is 12.3. The highest BCUT2D eigenvalue weighted by molar-refractivity contribution is 7.91. The molecule has 9 heteroatoms. The summed E-state index contributed by atoms with van der Waals surface area (Å²) in [5, 5.41) is 6.73. The van der Waals surface area contributed by atoms with Crippen molar-refractivity contribution in [2.45, 2.75) is 30.2 Å². The minimum atomic E-state index is -3.28. The summed E-state index contributed by atoms with van der Waals surface area (Å²) >= 11 is 0. The summed E-state index contributed by atoms with van der Waals surface area (Å²) in [5.74, 6) is 0.983. The minimum absolute atomic E-state index is 0.0190. The lowest BCUT2D eigenvalue weighted by Crippen LogP contribution is -2.34. The Bertz CT molecular complexity index is 1060. The molecule has 1 aliphatic rings. The van der Waals surface area contributed by atoms with Gasteiger partial charge in [0, 0.05) is 12.8 Å². The smallest absolute Gasteiger partial charge is 0.238 e. The number of nitrogens with one attached hydrogen (secondary N) is 1. The fourth-order valence-corrected chi connectivity index (χ4v) is 4.71. The van der Waals surface area contributed by atoms with Crippen molar-refractivity contribution in [3.63, 3.8) is 0 Å². The Morgan fingerprint density at radius 2 is 2.07 bits per heavy atom. The van der Waals surface area contributed by atoms with Crippen molar-refractivity contribution < 1.29 is 22.2 Å². The van der Waals surface area contributed by atoms with Crippen molar-refractivity contribution in [2.75, 3.05) is 5.75 Å². The Morgan fingerprint density at radius 1 is 1.22 bits per heavy atom. The van der Waals surface area contributed by atoms with Gasteiger partial charge in [0.15, 0.2) is 15.6 Å². The summed E-state index contributed by atoms with van der Waals surface area (Å²) in [5.41, 5.74) is 0.634. The summed E-state index contributed by atoms with van der Waals surface area (Å²) < 4.78 is 34.7. The van der Waals surface area contributed by atoms with E-state index in [1.54, 1.807) is 36.4 Å².